The molecule has 0 bridgehead atoms. The number of para-hydroxylation sites is 1. The van der Waals surface area contributed by atoms with Crippen LogP contribution in [0.4, 0.5) is 0 Å². The highest BCUT2D eigenvalue weighted by Gasteiger charge is 2.09. The van der Waals surface area contributed by atoms with E-state index < -0.39 is 5.91 Å². The molecule has 2 N–H and O–H groups in total. The van der Waals surface area contributed by atoms with Crippen LogP contribution in [0.3, 0.4) is 0 Å². The molecule has 120 valence electrons. The van der Waals surface area contributed by atoms with Crippen LogP contribution in [0.2, 0.25) is 0 Å². The van der Waals surface area contributed by atoms with E-state index in [9.17, 15) is 9.90 Å². The van der Waals surface area contributed by atoms with E-state index in [4.69, 9.17) is 0 Å². The summed E-state index contributed by atoms with van der Waals surface area (Å²) in [7, 11) is 0. The fourth-order valence-electron chi connectivity index (χ4n) is 2.06. The molecule has 0 fully saturated rings. The van der Waals surface area contributed by atoms with Crippen LogP contribution < -0.4 is 5.43 Å². The first-order valence-corrected chi connectivity index (χ1v) is 7.11. The van der Waals surface area contributed by atoms with Crippen LogP contribution in [-0.2, 0) is 0 Å². The molecule has 1 heterocycles. The van der Waals surface area contributed by atoms with Crippen LogP contribution in [0.1, 0.15) is 22.8 Å². The van der Waals surface area contributed by atoms with Gasteiger partial charge in [0.05, 0.1) is 17.0 Å². The Morgan fingerprint density at radius 1 is 1.17 bits per heavy atom. The summed E-state index contributed by atoms with van der Waals surface area (Å²) < 4.78 is 1.54. The monoisotopic (exact) mass is 322 g/mol. The van der Waals surface area contributed by atoms with Crippen molar-refractivity contribution in [2.75, 3.05) is 0 Å². The summed E-state index contributed by atoms with van der Waals surface area (Å²) in [6.45, 7) is 1.77. The molecule has 0 aliphatic carbocycles. The largest absolute Gasteiger partial charge is 0.507 e. The molecule has 0 aliphatic rings. The Balaban J connectivity index is 1.72. The van der Waals surface area contributed by atoms with E-state index in [0.717, 1.165) is 11.3 Å². The van der Waals surface area contributed by atoms with Gasteiger partial charge >= 0.3 is 0 Å². The van der Waals surface area contributed by atoms with E-state index >= 15 is 0 Å². The zero-order valence-electron chi connectivity index (χ0n) is 12.8. The number of hydrazone groups is 1. The predicted octanol–water partition coefficient (Wildman–Crippen LogP) is 1.52. The van der Waals surface area contributed by atoms with Gasteiger partial charge in [0.25, 0.3) is 5.91 Å². The Bertz CT molecular complexity index is 872. The quantitative estimate of drug-likeness (QED) is 0.559. The van der Waals surface area contributed by atoms with Crippen LogP contribution >= 0.6 is 0 Å². The second-order valence-corrected chi connectivity index (χ2v) is 4.96. The summed E-state index contributed by atoms with van der Waals surface area (Å²) in [5.41, 5.74) is 4.88. The van der Waals surface area contributed by atoms with E-state index in [-0.39, 0.29) is 11.3 Å². The zero-order chi connectivity index (χ0) is 16.9. The third-order valence-corrected chi connectivity index (χ3v) is 3.37. The summed E-state index contributed by atoms with van der Waals surface area (Å²) in [4.78, 5) is 12.0. The molecule has 0 spiro atoms. The third-order valence-electron chi connectivity index (χ3n) is 3.37. The summed E-state index contributed by atoms with van der Waals surface area (Å²) in [6.07, 6.45) is 1.50. The lowest BCUT2D eigenvalue weighted by atomic mass is 10.1. The number of amides is 1. The number of carbonyl (C=O) groups excluding carboxylic acids is 1. The minimum absolute atomic E-state index is 0.0892. The van der Waals surface area contributed by atoms with Gasteiger partial charge in [0.15, 0.2) is 0 Å². The van der Waals surface area contributed by atoms with Gasteiger partial charge in [-0.3, -0.25) is 4.79 Å². The van der Waals surface area contributed by atoms with Crippen molar-refractivity contribution in [2.45, 2.75) is 6.92 Å². The third kappa shape index (κ3) is 3.27. The van der Waals surface area contributed by atoms with Gasteiger partial charge in [0.2, 0.25) is 0 Å². The van der Waals surface area contributed by atoms with E-state index in [1.54, 1.807) is 19.1 Å². The number of phenolic OH excluding ortho intramolecular Hbond substituents is 1. The van der Waals surface area contributed by atoms with Crippen LogP contribution in [0.5, 0.6) is 5.75 Å². The van der Waals surface area contributed by atoms with Crippen molar-refractivity contribution in [3.05, 3.63) is 66.0 Å². The van der Waals surface area contributed by atoms with Crippen LogP contribution in [0, 0.1) is 0 Å². The number of rotatable bonds is 4. The Labute approximate surface area is 137 Å². The molecule has 0 saturated carbocycles. The molecule has 8 nitrogen and oxygen atoms in total. The van der Waals surface area contributed by atoms with Gasteiger partial charge in [-0.25, -0.2) is 10.1 Å². The smallest absolute Gasteiger partial charge is 0.275 e. The molecule has 24 heavy (non-hydrogen) atoms. The Hall–Kier alpha value is -3.55. The maximum atomic E-state index is 12.0. The molecule has 0 saturated heterocycles. The first-order chi connectivity index (χ1) is 11.6. The molecule has 2 aromatic carbocycles. The average molecular weight is 322 g/mol. The number of carbonyl (C=O) groups is 1. The fourth-order valence-corrected chi connectivity index (χ4v) is 2.06. The van der Waals surface area contributed by atoms with Crippen molar-refractivity contribution in [3.63, 3.8) is 0 Å². The summed E-state index contributed by atoms with van der Waals surface area (Å²) >= 11 is 0. The number of aromatic hydroxyl groups is 1. The van der Waals surface area contributed by atoms with Crippen molar-refractivity contribution in [1.29, 1.82) is 0 Å². The van der Waals surface area contributed by atoms with E-state index in [2.05, 4.69) is 26.1 Å². The van der Waals surface area contributed by atoms with Gasteiger partial charge in [-0.1, -0.05) is 24.3 Å². The van der Waals surface area contributed by atoms with Crippen LogP contribution in [-0.4, -0.2) is 36.9 Å². The second kappa shape index (κ2) is 6.69. The summed E-state index contributed by atoms with van der Waals surface area (Å²) in [5.74, 6) is -0.564. The number of hydrogen-bond donors (Lipinski definition) is 2. The minimum atomic E-state index is -0.474. The minimum Gasteiger partial charge on any atom is -0.507 e. The molecular weight excluding hydrogens is 308 g/mol. The van der Waals surface area contributed by atoms with Crippen LogP contribution in [0.25, 0.3) is 5.69 Å². The second-order valence-electron chi connectivity index (χ2n) is 4.96. The van der Waals surface area contributed by atoms with E-state index in [0.29, 0.717) is 5.71 Å². The number of benzene rings is 2. The molecule has 0 radical (unpaired) electrons. The number of hydrogen-bond acceptors (Lipinski definition) is 6. The first-order valence-electron chi connectivity index (χ1n) is 7.11. The molecule has 1 aromatic heterocycles. The molecule has 0 atom stereocenters. The number of nitrogens with zero attached hydrogens (tertiary/aromatic N) is 5. The van der Waals surface area contributed by atoms with E-state index in [1.807, 2.05) is 24.3 Å². The van der Waals surface area contributed by atoms with Gasteiger partial charge in [-0.05, 0) is 47.2 Å². The van der Waals surface area contributed by atoms with Gasteiger partial charge in [0, 0.05) is 0 Å². The molecule has 0 aliphatic heterocycles. The SMILES string of the molecule is CC(=NNC(=O)c1ccccc1O)c1ccc(-n2cnnn2)cc1. The maximum absolute atomic E-state index is 12.0. The normalized spacial score (nSPS) is 11.3. The van der Waals surface area contributed by atoms with Gasteiger partial charge in [-0.15, -0.1) is 5.10 Å². The molecule has 1 amide bonds. The zero-order valence-corrected chi connectivity index (χ0v) is 12.8. The number of aromatic nitrogens is 4. The lowest BCUT2D eigenvalue weighted by Gasteiger charge is -2.05. The lowest BCUT2D eigenvalue weighted by Crippen LogP contribution is -2.19. The Kier molecular flexibility index (Phi) is 4.28. The summed E-state index contributed by atoms with van der Waals surface area (Å²) in [6, 6.07) is 13.7. The standard InChI is InChI=1S/C16H14N6O2/c1-11(18-19-16(24)14-4-2-3-5-15(14)23)12-6-8-13(9-7-12)22-10-17-20-21-22/h2-10,23H,1H3,(H,19,24). The Morgan fingerprint density at radius 2 is 1.92 bits per heavy atom. The highest BCUT2D eigenvalue weighted by Crippen LogP contribution is 2.15. The van der Waals surface area contributed by atoms with Crippen molar-refractivity contribution in [3.8, 4) is 11.4 Å². The van der Waals surface area contributed by atoms with E-state index in [1.165, 1.54) is 23.1 Å². The highest BCUT2D eigenvalue weighted by molar-refractivity contribution is 6.01. The Morgan fingerprint density at radius 3 is 2.58 bits per heavy atom. The van der Waals surface area contributed by atoms with Crippen LogP contribution in [0.15, 0.2) is 60.0 Å². The highest BCUT2D eigenvalue weighted by atomic mass is 16.3. The van der Waals surface area contributed by atoms with Crippen molar-refractivity contribution in [1.82, 2.24) is 25.6 Å². The van der Waals surface area contributed by atoms with Crippen molar-refractivity contribution in [2.24, 2.45) is 5.10 Å². The lowest BCUT2D eigenvalue weighted by molar-refractivity contribution is 0.0952. The molecule has 3 aromatic rings. The molecule has 8 heteroatoms. The molecule has 0 unspecified atom stereocenters. The average Bonchev–Trinajstić information content (AvgIpc) is 3.14. The fraction of sp³-hybridized carbons (Fsp3) is 0.0625. The first kappa shape index (κ1) is 15.3. The number of nitrogens with one attached hydrogen (secondary N) is 1. The summed E-state index contributed by atoms with van der Waals surface area (Å²) in [5, 5.41) is 24.7. The van der Waals surface area contributed by atoms with Gasteiger partial charge in [-0.2, -0.15) is 5.10 Å². The molecule has 3 rings (SSSR count). The number of phenols is 1. The molecular formula is C16H14N6O2. The number of tetrazole rings is 1. The van der Waals surface area contributed by atoms with Gasteiger partial charge < -0.3 is 5.11 Å². The topological polar surface area (TPSA) is 105 Å². The van der Waals surface area contributed by atoms with Crippen molar-refractivity contribution < 1.29 is 9.90 Å². The predicted molar refractivity (Wildman–Crippen MR) is 86.9 cm³/mol. The van der Waals surface area contributed by atoms with Gasteiger partial charge in [0.1, 0.15) is 12.1 Å². The van der Waals surface area contributed by atoms with Crippen molar-refractivity contribution >= 4 is 11.6 Å². The maximum Gasteiger partial charge on any atom is 0.275 e.